The Morgan fingerprint density at radius 3 is 1.33 bits per heavy atom. The lowest BCUT2D eigenvalue weighted by atomic mass is 10.0. The predicted molar refractivity (Wildman–Crippen MR) is 86.3 cm³/mol. The first-order chi connectivity index (χ1) is 10.2. The van der Waals surface area contributed by atoms with Crippen LogP contribution in [0.2, 0.25) is 0 Å². The highest BCUT2D eigenvalue weighted by molar-refractivity contribution is 5.75. The summed E-state index contributed by atoms with van der Waals surface area (Å²) in [5.41, 5.74) is 0. The van der Waals surface area contributed by atoms with Gasteiger partial charge >= 0.3 is 5.97 Å². The molecule has 21 heavy (non-hydrogen) atoms. The van der Waals surface area contributed by atoms with Crippen LogP contribution in [0.5, 0.6) is 0 Å². The van der Waals surface area contributed by atoms with Gasteiger partial charge in [0.05, 0.1) is 0 Å². The van der Waals surface area contributed by atoms with Crippen LogP contribution < -0.4 is 5.32 Å². The molecule has 0 radical (unpaired) electrons. The molecule has 0 unspecified atom stereocenters. The molecule has 4 heteroatoms. The van der Waals surface area contributed by atoms with Crippen molar-refractivity contribution in [2.75, 3.05) is 7.05 Å². The van der Waals surface area contributed by atoms with Crippen LogP contribution in [-0.4, -0.2) is 24.0 Å². The molecule has 0 saturated carbocycles. The van der Waals surface area contributed by atoms with E-state index >= 15 is 0 Å². The number of rotatable bonds is 15. The molecule has 0 spiro atoms. The summed E-state index contributed by atoms with van der Waals surface area (Å²) in [6.07, 6.45) is 15.2. The number of aliphatic carboxylic acids is 1. The predicted octanol–water partition coefficient (Wildman–Crippen LogP) is 4.28. The van der Waals surface area contributed by atoms with Gasteiger partial charge in [0.2, 0.25) is 5.91 Å². The highest BCUT2D eigenvalue weighted by Gasteiger charge is 1.98. The zero-order chi connectivity index (χ0) is 15.8. The summed E-state index contributed by atoms with van der Waals surface area (Å²) in [5.74, 6) is -0.524. The number of hydrogen-bond donors (Lipinski definition) is 2. The molecule has 1 amide bonds. The van der Waals surface area contributed by atoms with E-state index in [9.17, 15) is 9.59 Å². The Morgan fingerprint density at radius 1 is 0.667 bits per heavy atom. The highest BCUT2D eigenvalue weighted by Crippen LogP contribution is 2.12. The van der Waals surface area contributed by atoms with Gasteiger partial charge in [0, 0.05) is 19.9 Å². The topological polar surface area (TPSA) is 66.4 Å². The third-order valence-electron chi connectivity index (χ3n) is 3.82. The monoisotopic (exact) mass is 299 g/mol. The summed E-state index contributed by atoms with van der Waals surface area (Å²) in [4.78, 5) is 21.3. The minimum atomic E-state index is -0.676. The number of carbonyl (C=O) groups is 2. The maximum Gasteiger partial charge on any atom is 0.303 e. The van der Waals surface area contributed by atoms with Crippen molar-refractivity contribution in [3.8, 4) is 0 Å². The fourth-order valence-corrected chi connectivity index (χ4v) is 2.45. The molecule has 0 saturated heterocycles. The van der Waals surface area contributed by atoms with Gasteiger partial charge in [-0.3, -0.25) is 9.59 Å². The van der Waals surface area contributed by atoms with Crippen molar-refractivity contribution in [1.82, 2.24) is 5.32 Å². The second-order valence-electron chi connectivity index (χ2n) is 5.81. The Labute approximate surface area is 129 Å². The number of hydrogen-bond acceptors (Lipinski definition) is 2. The van der Waals surface area contributed by atoms with Crippen LogP contribution in [0.15, 0.2) is 0 Å². The molecule has 2 N–H and O–H groups in total. The molecular formula is C17H33NO3. The third kappa shape index (κ3) is 16.9. The molecule has 0 fully saturated rings. The smallest absolute Gasteiger partial charge is 0.303 e. The second kappa shape index (κ2) is 15.3. The molecule has 0 heterocycles. The standard InChI is InChI=1S/C17H33NO3/c1-18-16(19)14-12-10-8-6-4-2-3-5-7-9-11-13-15-17(20)21/h2-15H2,1H3,(H,18,19)(H,20,21). The van der Waals surface area contributed by atoms with E-state index in [0.29, 0.717) is 12.8 Å². The van der Waals surface area contributed by atoms with Crippen LogP contribution in [0.25, 0.3) is 0 Å². The summed E-state index contributed by atoms with van der Waals surface area (Å²) in [7, 11) is 1.69. The van der Waals surface area contributed by atoms with Gasteiger partial charge in [-0.2, -0.15) is 0 Å². The summed E-state index contributed by atoms with van der Waals surface area (Å²) >= 11 is 0. The highest BCUT2D eigenvalue weighted by atomic mass is 16.4. The van der Waals surface area contributed by atoms with Gasteiger partial charge in [-0.1, -0.05) is 64.2 Å². The van der Waals surface area contributed by atoms with Gasteiger partial charge in [-0.15, -0.1) is 0 Å². The van der Waals surface area contributed by atoms with Gasteiger partial charge in [-0.05, 0) is 12.8 Å². The molecule has 4 nitrogen and oxygen atoms in total. The van der Waals surface area contributed by atoms with Crippen molar-refractivity contribution in [3.05, 3.63) is 0 Å². The molecule has 0 rings (SSSR count). The Balaban J connectivity index is 3.02. The van der Waals surface area contributed by atoms with E-state index in [1.807, 2.05) is 0 Å². The lowest BCUT2D eigenvalue weighted by molar-refractivity contribution is -0.137. The molecule has 0 aliphatic rings. The second-order valence-corrected chi connectivity index (χ2v) is 5.81. The van der Waals surface area contributed by atoms with Gasteiger partial charge in [0.1, 0.15) is 0 Å². The number of carboxylic acid groups (broad SMARTS) is 1. The van der Waals surface area contributed by atoms with Crippen LogP contribution in [-0.2, 0) is 9.59 Å². The summed E-state index contributed by atoms with van der Waals surface area (Å²) in [5, 5.41) is 11.2. The van der Waals surface area contributed by atoms with Crippen molar-refractivity contribution < 1.29 is 14.7 Å². The molecule has 0 aromatic carbocycles. The molecule has 0 aliphatic heterocycles. The van der Waals surface area contributed by atoms with E-state index in [1.54, 1.807) is 7.05 Å². The van der Waals surface area contributed by atoms with Gasteiger partial charge in [0.15, 0.2) is 0 Å². The third-order valence-corrected chi connectivity index (χ3v) is 3.82. The Kier molecular flexibility index (Phi) is 14.6. The lowest BCUT2D eigenvalue weighted by Gasteiger charge is -2.03. The summed E-state index contributed by atoms with van der Waals surface area (Å²) in [6.45, 7) is 0. The average Bonchev–Trinajstić information content (AvgIpc) is 2.46. The van der Waals surface area contributed by atoms with E-state index in [0.717, 1.165) is 25.7 Å². The Morgan fingerprint density at radius 2 is 1.00 bits per heavy atom. The summed E-state index contributed by atoms with van der Waals surface area (Å²) < 4.78 is 0. The van der Waals surface area contributed by atoms with Crippen molar-refractivity contribution in [1.29, 1.82) is 0 Å². The minimum Gasteiger partial charge on any atom is -0.481 e. The van der Waals surface area contributed by atoms with Crippen molar-refractivity contribution >= 4 is 11.9 Å². The largest absolute Gasteiger partial charge is 0.481 e. The van der Waals surface area contributed by atoms with Gasteiger partial charge in [0.25, 0.3) is 0 Å². The molecular weight excluding hydrogens is 266 g/mol. The van der Waals surface area contributed by atoms with Crippen molar-refractivity contribution in [2.24, 2.45) is 0 Å². The first kappa shape index (κ1) is 19.9. The number of carbonyl (C=O) groups excluding carboxylic acids is 1. The van der Waals surface area contributed by atoms with Crippen molar-refractivity contribution in [3.63, 3.8) is 0 Å². The van der Waals surface area contributed by atoms with E-state index in [-0.39, 0.29) is 5.91 Å². The van der Waals surface area contributed by atoms with E-state index in [1.165, 1.54) is 51.4 Å². The molecule has 0 atom stereocenters. The number of amides is 1. The van der Waals surface area contributed by atoms with Crippen LogP contribution in [0.4, 0.5) is 0 Å². The zero-order valence-electron chi connectivity index (χ0n) is 13.7. The van der Waals surface area contributed by atoms with Crippen LogP contribution in [0.1, 0.15) is 89.9 Å². The van der Waals surface area contributed by atoms with Crippen molar-refractivity contribution in [2.45, 2.75) is 89.9 Å². The van der Waals surface area contributed by atoms with Gasteiger partial charge in [-0.25, -0.2) is 0 Å². The van der Waals surface area contributed by atoms with Crippen LogP contribution >= 0.6 is 0 Å². The first-order valence-corrected chi connectivity index (χ1v) is 8.59. The maximum atomic E-state index is 11.0. The quantitative estimate of drug-likeness (QED) is 0.444. The van der Waals surface area contributed by atoms with Crippen LogP contribution in [0, 0.1) is 0 Å². The Bertz CT molecular complexity index is 267. The van der Waals surface area contributed by atoms with E-state index < -0.39 is 5.97 Å². The van der Waals surface area contributed by atoms with E-state index in [2.05, 4.69) is 5.32 Å². The maximum absolute atomic E-state index is 11.0. The summed E-state index contributed by atoms with van der Waals surface area (Å²) in [6, 6.07) is 0. The SMILES string of the molecule is CNC(=O)CCCCCCCCCCCCCCC(=O)O. The number of nitrogens with one attached hydrogen (secondary N) is 1. The number of carboxylic acids is 1. The molecule has 0 bridgehead atoms. The first-order valence-electron chi connectivity index (χ1n) is 8.59. The zero-order valence-corrected chi connectivity index (χ0v) is 13.7. The normalized spacial score (nSPS) is 10.5. The molecule has 0 aliphatic carbocycles. The van der Waals surface area contributed by atoms with Gasteiger partial charge < -0.3 is 10.4 Å². The minimum absolute atomic E-state index is 0.151. The Hall–Kier alpha value is -1.06. The fraction of sp³-hybridized carbons (Fsp3) is 0.882. The molecule has 124 valence electrons. The molecule has 0 aromatic heterocycles. The lowest BCUT2D eigenvalue weighted by Crippen LogP contribution is -2.16. The average molecular weight is 299 g/mol. The van der Waals surface area contributed by atoms with E-state index in [4.69, 9.17) is 5.11 Å². The van der Waals surface area contributed by atoms with Crippen LogP contribution in [0.3, 0.4) is 0 Å². The fourth-order valence-electron chi connectivity index (χ4n) is 2.45. The number of unbranched alkanes of at least 4 members (excludes halogenated alkanes) is 11. The molecule has 0 aromatic rings.